The first-order valence-corrected chi connectivity index (χ1v) is 10.1. The minimum atomic E-state index is -3.46. The molecule has 1 fully saturated rings. The Kier molecular flexibility index (Phi) is 6.18. The molecule has 0 aliphatic carbocycles. The van der Waals surface area contributed by atoms with Crippen LogP contribution in [-0.4, -0.2) is 55.9 Å². The molecule has 0 saturated carbocycles. The van der Waals surface area contributed by atoms with Crippen molar-refractivity contribution in [3.8, 4) is 0 Å². The van der Waals surface area contributed by atoms with E-state index < -0.39 is 10.2 Å². The van der Waals surface area contributed by atoms with Crippen molar-refractivity contribution in [1.29, 1.82) is 0 Å². The number of methoxy groups -OCH3 is 1. The lowest BCUT2D eigenvalue weighted by molar-refractivity contribution is 0.119. The normalized spacial score (nSPS) is 19.4. The quantitative estimate of drug-likeness (QED) is 0.780. The summed E-state index contributed by atoms with van der Waals surface area (Å²) in [6, 6.07) is -0.262. The highest BCUT2D eigenvalue weighted by Crippen LogP contribution is 2.30. The summed E-state index contributed by atoms with van der Waals surface area (Å²) in [5, 5.41) is 0.968. The number of aromatic nitrogens is 1. The zero-order chi connectivity index (χ0) is 17.2. The van der Waals surface area contributed by atoms with Gasteiger partial charge in [-0.1, -0.05) is 0 Å². The molecule has 0 radical (unpaired) electrons. The number of piperidine rings is 1. The van der Waals surface area contributed by atoms with Crippen molar-refractivity contribution >= 4 is 21.5 Å². The van der Waals surface area contributed by atoms with Crippen LogP contribution in [0.2, 0.25) is 0 Å². The molecular weight excluding hydrogens is 334 g/mol. The summed E-state index contributed by atoms with van der Waals surface area (Å²) in [5.41, 5.74) is 0.854. The van der Waals surface area contributed by atoms with Gasteiger partial charge in [0.05, 0.1) is 16.7 Å². The molecule has 2 rings (SSSR count). The Bertz CT molecular complexity index is 622. The van der Waals surface area contributed by atoms with Gasteiger partial charge in [0.2, 0.25) is 0 Å². The van der Waals surface area contributed by atoms with Gasteiger partial charge in [-0.15, -0.1) is 11.3 Å². The Hall–Kier alpha value is -0.540. The van der Waals surface area contributed by atoms with Gasteiger partial charge >= 0.3 is 0 Å². The lowest BCUT2D eigenvalue weighted by Crippen LogP contribution is -2.46. The summed E-state index contributed by atoms with van der Waals surface area (Å²) in [6.45, 7) is 7.66. The average molecular weight is 362 g/mol. The van der Waals surface area contributed by atoms with Crippen LogP contribution in [0.4, 0.5) is 0 Å². The number of aryl methyl sites for hydroxylation is 2. The average Bonchev–Trinajstić information content (AvgIpc) is 2.85. The first kappa shape index (κ1) is 18.8. The van der Waals surface area contributed by atoms with E-state index in [1.807, 2.05) is 20.8 Å². The Morgan fingerprint density at radius 2 is 2.00 bits per heavy atom. The van der Waals surface area contributed by atoms with Crippen molar-refractivity contribution < 1.29 is 13.2 Å². The topological polar surface area (TPSA) is 62.7 Å². The Balaban J connectivity index is 2.08. The minimum Gasteiger partial charge on any atom is -0.384 e. The molecule has 0 bridgehead atoms. The van der Waals surface area contributed by atoms with Gasteiger partial charge in [0.1, 0.15) is 0 Å². The van der Waals surface area contributed by atoms with Crippen molar-refractivity contribution in [2.45, 2.75) is 39.7 Å². The first-order valence-electron chi connectivity index (χ1n) is 7.93. The largest absolute Gasteiger partial charge is 0.384 e. The zero-order valence-electron chi connectivity index (χ0n) is 14.6. The Morgan fingerprint density at radius 1 is 1.39 bits per heavy atom. The molecule has 0 spiro atoms. The van der Waals surface area contributed by atoms with Crippen molar-refractivity contribution in [1.82, 2.24) is 13.6 Å². The smallest absolute Gasteiger partial charge is 0.282 e. The molecule has 1 saturated heterocycles. The summed E-state index contributed by atoms with van der Waals surface area (Å²) >= 11 is 1.61. The molecular formula is C15H27N3O3S2. The first-order chi connectivity index (χ1) is 10.8. The number of nitrogens with zero attached hydrogens (tertiary/aromatic N) is 3. The summed E-state index contributed by atoms with van der Waals surface area (Å²) in [6.07, 6.45) is 1.70. The van der Waals surface area contributed by atoms with Crippen molar-refractivity contribution in [2.75, 3.05) is 33.9 Å². The van der Waals surface area contributed by atoms with Crippen LogP contribution in [0.3, 0.4) is 0 Å². The van der Waals surface area contributed by atoms with Gasteiger partial charge in [-0.2, -0.15) is 17.0 Å². The van der Waals surface area contributed by atoms with Crippen LogP contribution in [0, 0.1) is 19.8 Å². The number of hydrogen-bond donors (Lipinski definition) is 0. The molecule has 6 nitrogen and oxygen atoms in total. The molecule has 2 heterocycles. The highest BCUT2D eigenvalue weighted by Gasteiger charge is 2.34. The van der Waals surface area contributed by atoms with Crippen molar-refractivity contribution in [2.24, 2.45) is 5.92 Å². The predicted octanol–water partition coefficient (Wildman–Crippen LogP) is 2.36. The third-order valence-electron chi connectivity index (χ3n) is 4.55. The van der Waals surface area contributed by atoms with Crippen LogP contribution < -0.4 is 0 Å². The van der Waals surface area contributed by atoms with Crippen molar-refractivity contribution in [3.63, 3.8) is 0 Å². The van der Waals surface area contributed by atoms with E-state index in [4.69, 9.17) is 4.74 Å². The van der Waals surface area contributed by atoms with E-state index in [2.05, 4.69) is 4.98 Å². The third-order valence-corrected chi connectivity index (χ3v) is 7.51. The monoisotopic (exact) mass is 361 g/mol. The molecule has 23 heavy (non-hydrogen) atoms. The van der Waals surface area contributed by atoms with Crippen LogP contribution in [0.25, 0.3) is 0 Å². The van der Waals surface area contributed by atoms with Crippen LogP contribution in [-0.2, 0) is 14.9 Å². The second kappa shape index (κ2) is 7.57. The fourth-order valence-electron chi connectivity index (χ4n) is 3.03. The number of hydrogen-bond acceptors (Lipinski definition) is 5. The molecule has 1 aromatic heterocycles. The maximum absolute atomic E-state index is 12.9. The van der Waals surface area contributed by atoms with Crippen LogP contribution in [0.1, 0.15) is 41.4 Å². The Morgan fingerprint density at radius 3 is 2.48 bits per heavy atom. The van der Waals surface area contributed by atoms with Crippen LogP contribution in [0.15, 0.2) is 0 Å². The molecule has 132 valence electrons. The second-order valence-corrected chi connectivity index (χ2v) is 9.57. The molecule has 1 aliphatic rings. The van der Waals surface area contributed by atoms with Crippen molar-refractivity contribution in [3.05, 3.63) is 15.6 Å². The van der Waals surface area contributed by atoms with Gasteiger partial charge in [0, 0.05) is 38.7 Å². The molecule has 1 aliphatic heterocycles. The number of thiazole rings is 1. The van der Waals surface area contributed by atoms with Gasteiger partial charge in [-0.3, -0.25) is 0 Å². The van der Waals surface area contributed by atoms with Crippen LogP contribution >= 0.6 is 11.3 Å². The fourth-order valence-corrected chi connectivity index (χ4v) is 5.47. The van der Waals surface area contributed by atoms with E-state index >= 15 is 0 Å². The van der Waals surface area contributed by atoms with E-state index in [9.17, 15) is 8.42 Å². The number of ether oxygens (including phenoxy) is 1. The summed E-state index contributed by atoms with van der Waals surface area (Å²) in [4.78, 5) is 5.58. The molecule has 0 N–H and O–H groups in total. The lowest BCUT2D eigenvalue weighted by atomic mass is 9.99. The van der Waals surface area contributed by atoms with E-state index in [1.165, 1.54) is 4.31 Å². The van der Waals surface area contributed by atoms with E-state index in [0.717, 1.165) is 28.4 Å². The Labute approximate surface area is 143 Å². The van der Waals surface area contributed by atoms with Gasteiger partial charge in [0.25, 0.3) is 10.2 Å². The van der Waals surface area contributed by atoms with E-state index in [0.29, 0.717) is 25.6 Å². The molecule has 8 heteroatoms. The minimum absolute atomic E-state index is 0.262. The van der Waals surface area contributed by atoms with Gasteiger partial charge < -0.3 is 4.74 Å². The van der Waals surface area contributed by atoms with Crippen LogP contribution in [0.5, 0.6) is 0 Å². The lowest BCUT2D eigenvalue weighted by Gasteiger charge is -2.35. The molecule has 0 aromatic carbocycles. The maximum Gasteiger partial charge on any atom is 0.282 e. The summed E-state index contributed by atoms with van der Waals surface area (Å²) < 4.78 is 34.0. The third kappa shape index (κ3) is 4.11. The highest BCUT2D eigenvalue weighted by molar-refractivity contribution is 7.86. The fraction of sp³-hybridized carbons (Fsp3) is 0.800. The number of rotatable bonds is 6. The molecule has 1 aromatic rings. The molecule has 1 unspecified atom stereocenters. The van der Waals surface area contributed by atoms with E-state index in [-0.39, 0.29) is 6.04 Å². The SMILES string of the molecule is COCC1CCN(S(=O)(=O)N(C)C(C)c2nc(C)sc2C)CC1. The standard InChI is InChI=1S/C15H27N3O3S2/c1-11(15-12(2)22-13(3)16-15)17(4)23(19,20)18-8-6-14(7-9-18)10-21-5/h11,14H,6-10H2,1-5H3. The van der Waals surface area contributed by atoms with Gasteiger partial charge in [0.15, 0.2) is 0 Å². The maximum atomic E-state index is 12.9. The van der Waals surface area contributed by atoms with Gasteiger partial charge in [-0.05, 0) is 39.5 Å². The highest BCUT2D eigenvalue weighted by atomic mass is 32.2. The zero-order valence-corrected chi connectivity index (χ0v) is 16.2. The summed E-state index contributed by atoms with van der Waals surface area (Å²) in [7, 11) is -0.125. The molecule has 1 atom stereocenters. The van der Waals surface area contributed by atoms with Gasteiger partial charge in [-0.25, -0.2) is 4.98 Å². The predicted molar refractivity (Wildman–Crippen MR) is 92.9 cm³/mol. The summed E-state index contributed by atoms with van der Waals surface area (Å²) in [5.74, 6) is 0.456. The van der Waals surface area contributed by atoms with E-state index in [1.54, 1.807) is 29.8 Å². The molecule has 0 amide bonds. The second-order valence-electron chi connectivity index (χ2n) is 6.17.